The average molecular weight is 156 g/mol. The summed E-state index contributed by atoms with van der Waals surface area (Å²) in [6.45, 7) is 0.0146. The van der Waals surface area contributed by atoms with Gasteiger partial charge in [-0.1, -0.05) is 0 Å². The van der Waals surface area contributed by atoms with Gasteiger partial charge >= 0.3 is 0 Å². The van der Waals surface area contributed by atoms with E-state index >= 15 is 0 Å². The Hall–Kier alpha value is -1.43. The molecule has 0 aromatic carbocycles. The molecule has 1 rings (SSSR count). The summed E-state index contributed by atoms with van der Waals surface area (Å²) in [6.07, 6.45) is 1.31. The first-order chi connectivity index (χ1) is 5.33. The van der Waals surface area contributed by atoms with Gasteiger partial charge in [-0.15, -0.1) is 0 Å². The van der Waals surface area contributed by atoms with Gasteiger partial charge in [0.05, 0.1) is 0 Å². The van der Waals surface area contributed by atoms with Crippen molar-refractivity contribution in [2.45, 2.75) is 0 Å². The Labute approximate surface area is 63.0 Å². The molecule has 1 aromatic rings. The molecule has 0 aliphatic heterocycles. The SMILES string of the molecule is COCC(=O)Nc1ncn[nH]1. The Balaban J connectivity index is 2.37. The fraction of sp³-hybridized carbons (Fsp3) is 0.400. The van der Waals surface area contributed by atoms with E-state index in [1.807, 2.05) is 0 Å². The molecule has 0 aliphatic rings. The Morgan fingerprint density at radius 1 is 1.91 bits per heavy atom. The van der Waals surface area contributed by atoms with Gasteiger partial charge in [-0.3, -0.25) is 10.1 Å². The zero-order chi connectivity index (χ0) is 8.10. The van der Waals surface area contributed by atoms with Gasteiger partial charge in [-0.05, 0) is 0 Å². The summed E-state index contributed by atoms with van der Waals surface area (Å²) in [7, 11) is 1.44. The van der Waals surface area contributed by atoms with Crippen molar-refractivity contribution in [2.75, 3.05) is 19.0 Å². The number of aromatic amines is 1. The van der Waals surface area contributed by atoms with Crippen LogP contribution in [0.3, 0.4) is 0 Å². The van der Waals surface area contributed by atoms with Crippen LogP contribution >= 0.6 is 0 Å². The summed E-state index contributed by atoms with van der Waals surface area (Å²) in [5, 5.41) is 8.45. The lowest BCUT2D eigenvalue weighted by atomic mass is 10.6. The number of nitrogens with zero attached hydrogens (tertiary/aromatic N) is 2. The molecule has 0 saturated heterocycles. The minimum absolute atomic E-state index is 0.0146. The van der Waals surface area contributed by atoms with Gasteiger partial charge in [0.15, 0.2) is 0 Å². The molecule has 0 atom stereocenters. The number of amides is 1. The van der Waals surface area contributed by atoms with Gasteiger partial charge in [-0.25, -0.2) is 5.10 Å². The van der Waals surface area contributed by atoms with E-state index in [-0.39, 0.29) is 12.5 Å². The second kappa shape index (κ2) is 3.67. The van der Waals surface area contributed by atoms with Crippen LogP contribution in [0.2, 0.25) is 0 Å². The smallest absolute Gasteiger partial charge is 0.252 e. The van der Waals surface area contributed by atoms with Gasteiger partial charge in [-0.2, -0.15) is 10.1 Å². The van der Waals surface area contributed by atoms with Crippen LogP contribution in [0, 0.1) is 0 Å². The van der Waals surface area contributed by atoms with Crippen molar-refractivity contribution in [3.63, 3.8) is 0 Å². The lowest BCUT2D eigenvalue weighted by Gasteiger charge is -1.97. The summed E-state index contributed by atoms with van der Waals surface area (Å²) < 4.78 is 4.58. The standard InChI is InChI=1S/C5H8N4O2/c1-11-2-4(10)8-5-6-3-7-9-5/h3H,2H2,1H3,(H2,6,7,8,9,10). The van der Waals surface area contributed by atoms with Crippen LogP contribution in [0.25, 0.3) is 0 Å². The minimum Gasteiger partial charge on any atom is -0.375 e. The molecule has 0 fully saturated rings. The zero-order valence-electron chi connectivity index (χ0n) is 6.00. The highest BCUT2D eigenvalue weighted by molar-refractivity contribution is 5.89. The number of nitrogens with one attached hydrogen (secondary N) is 2. The number of hydrogen-bond donors (Lipinski definition) is 2. The Bertz CT molecular complexity index is 220. The molecule has 0 aliphatic carbocycles. The molecule has 1 amide bonds. The molecule has 0 unspecified atom stereocenters. The first-order valence-corrected chi connectivity index (χ1v) is 2.97. The molecule has 6 nitrogen and oxygen atoms in total. The molecule has 0 spiro atoms. The van der Waals surface area contributed by atoms with Crippen LogP contribution in [0.4, 0.5) is 5.95 Å². The van der Waals surface area contributed by atoms with Crippen molar-refractivity contribution >= 4 is 11.9 Å². The highest BCUT2D eigenvalue weighted by Crippen LogP contribution is 1.90. The maximum absolute atomic E-state index is 10.8. The summed E-state index contributed by atoms with van der Waals surface area (Å²) in [5.41, 5.74) is 0. The number of methoxy groups -OCH3 is 1. The molecule has 0 bridgehead atoms. The second-order valence-corrected chi connectivity index (χ2v) is 1.82. The fourth-order valence-corrected chi connectivity index (χ4v) is 0.565. The van der Waals surface area contributed by atoms with Crippen molar-refractivity contribution in [1.82, 2.24) is 15.2 Å². The van der Waals surface area contributed by atoms with Crippen molar-refractivity contribution in [2.24, 2.45) is 0 Å². The van der Waals surface area contributed by atoms with Crippen LogP contribution in [0.15, 0.2) is 6.33 Å². The Kier molecular flexibility index (Phi) is 2.56. The third-order valence-corrected chi connectivity index (χ3v) is 0.948. The first kappa shape index (κ1) is 7.67. The van der Waals surface area contributed by atoms with Crippen LogP contribution in [-0.2, 0) is 9.53 Å². The van der Waals surface area contributed by atoms with Crippen molar-refractivity contribution < 1.29 is 9.53 Å². The number of carbonyl (C=O) groups is 1. The van der Waals surface area contributed by atoms with Crippen molar-refractivity contribution in [3.8, 4) is 0 Å². The molecule has 2 N–H and O–H groups in total. The molecule has 6 heteroatoms. The fourth-order valence-electron chi connectivity index (χ4n) is 0.565. The second-order valence-electron chi connectivity index (χ2n) is 1.82. The van der Waals surface area contributed by atoms with E-state index in [9.17, 15) is 4.79 Å². The van der Waals surface area contributed by atoms with E-state index in [2.05, 4.69) is 25.2 Å². The Morgan fingerprint density at radius 3 is 3.27 bits per heavy atom. The number of H-pyrrole nitrogens is 1. The molecule has 60 valence electrons. The number of carbonyl (C=O) groups excluding carboxylic acids is 1. The molecule has 0 radical (unpaired) electrons. The zero-order valence-corrected chi connectivity index (χ0v) is 6.00. The van der Waals surface area contributed by atoms with Gasteiger partial charge in [0.25, 0.3) is 5.91 Å². The summed E-state index contributed by atoms with van der Waals surface area (Å²) >= 11 is 0. The number of ether oxygens (including phenoxy) is 1. The third kappa shape index (κ3) is 2.34. The van der Waals surface area contributed by atoms with Gasteiger partial charge < -0.3 is 4.74 Å². The summed E-state index contributed by atoms with van der Waals surface area (Å²) in [6, 6.07) is 0. The first-order valence-electron chi connectivity index (χ1n) is 2.97. The van der Waals surface area contributed by atoms with E-state index in [1.54, 1.807) is 0 Å². The predicted octanol–water partition coefficient (Wildman–Crippen LogP) is -0.610. The van der Waals surface area contributed by atoms with Crippen LogP contribution in [0.5, 0.6) is 0 Å². The van der Waals surface area contributed by atoms with Crippen LogP contribution in [0.1, 0.15) is 0 Å². The van der Waals surface area contributed by atoms with E-state index < -0.39 is 0 Å². The summed E-state index contributed by atoms with van der Waals surface area (Å²) in [4.78, 5) is 14.5. The van der Waals surface area contributed by atoms with Crippen LogP contribution < -0.4 is 5.32 Å². The van der Waals surface area contributed by atoms with E-state index in [1.165, 1.54) is 13.4 Å². The van der Waals surface area contributed by atoms with Crippen LogP contribution in [-0.4, -0.2) is 34.8 Å². The molecular formula is C5H8N4O2. The minimum atomic E-state index is -0.260. The summed E-state index contributed by atoms with van der Waals surface area (Å²) in [5.74, 6) is 0.0660. The van der Waals surface area contributed by atoms with E-state index in [0.29, 0.717) is 5.95 Å². The monoisotopic (exact) mass is 156 g/mol. The highest BCUT2D eigenvalue weighted by Gasteiger charge is 2.01. The average Bonchev–Trinajstić information content (AvgIpc) is 2.40. The molecule has 1 aromatic heterocycles. The van der Waals surface area contributed by atoms with Gasteiger partial charge in [0, 0.05) is 7.11 Å². The normalized spacial score (nSPS) is 9.55. The topological polar surface area (TPSA) is 79.9 Å². The van der Waals surface area contributed by atoms with Gasteiger partial charge in [0.1, 0.15) is 12.9 Å². The highest BCUT2D eigenvalue weighted by atomic mass is 16.5. The van der Waals surface area contributed by atoms with Gasteiger partial charge in [0.2, 0.25) is 5.95 Å². The number of hydrogen-bond acceptors (Lipinski definition) is 4. The van der Waals surface area contributed by atoms with Crippen molar-refractivity contribution in [3.05, 3.63) is 6.33 Å². The molecule has 0 saturated carbocycles. The Morgan fingerprint density at radius 2 is 2.73 bits per heavy atom. The quantitative estimate of drug-likeness (QED) is 0.611. The molecular weight excluding hydrogens is 148 g/mol. The predicted molar refractivity (Wildman–Crippen MR) is 36.9 cm³/mol. The lowest BCUT2D eigenvalue weighted by molar-refractivity contribution is -0.119. The maximum atomic E-state index is 10.8. The maximum Gasteiger partial charge on any atom is 0.252 e. The lowest BCUT2D eigenvalue weighted by Crippen LogP contribution is -2.17. The largest absolute Gasteiger partial charge is 0.375 e. The molecule has 1 heterocycles. The number of rotatable bonds is 3. The van der Waals surface area contributed by atoms with E-state index in [4.69, 9.17) is 0 Å². The van der Waals surface area contributed by atoms with Crippen molar-refractivity contribution in [1.29, 1.82) is 0 Å². The molecule has 11 heavy (non-hydrogen) atoms. The number of anilines is 1. The third-order valence-electron chi connectivity index (χ3n) is 0.948. The van der Waals surface area contributed by atoms with E-state index in [0.717, 1.165) is 0 Å². The number of aromatic nitrogens is 3.